The highest BCUT2D eigenvalue weighted by atomic mass is 16.5. The zero-order chi connectivity index (χ0) is 13.9. The van der Waals surface area contributed by atoms with Crippen LogP contribution in [0.25, 0.3) is 0 Å². The summed E-state index contributed by atoms with van der Waals surface area (Å²) in [6.45, 7) is 5.92. The van der Waals surface area contributed by atoms with Crippen LogP contribution in [0.15, 0.2) is 24.3 Å². The van der Waals surface area contributed by atoms with Crippen LogP contribution in [0.1, 0.15) is 26.7 Å². The molecule has 1 unspecified atom stereocenters. The van der Waals surface area contributed by atoms with Gasteiger partial charge in [0.2, 0.25) is 0 Å². The number of nitrogens with zero attached hydrogens (tertiary/aromatic N) is 1. The van der Waals surface area contributed by atoms with E-state index in [1.807, 2.05) is 38.1 Å². The van der Waals surface area contributed by atoms with Gasteiger partial charge in [-0.1, -0.05) is 0 Å². The lowest BCUT2D eigenvalue weighted by atomic mass is 9.82. The molecule has 0 radical (unpaired) electrons. The smallest absolute Gasteiger partial charge is 0.311 e. The Bertz CT molecular complexity index is 443. The Morgan fingerprint density at radius 1 is 1.42 bits per heavy atom. The van der Waals surface area contributed by atoms with Crippen LogP contribution in [0.4, 0.5) is 5.69 Å². The normalized spacial score (nSPS) is 23.2. The summed E-state index contributed by atoms with van der Waals surface area (Å²) in [6, 6.07) is 7.87. The van der Waals surface area contributed by atoms with Crippen molar-refractivity contribution in [3.63, 3.8) is 0 Å². The van der Waals surface area contributed by atoms with Crippen LogP contribution in [-0.2, 0) is 4.79 Å². The van der Waals surface area contributed by atoms with Crippen molar-refractivity contribution in [1.82, 2.24) is 0 Å². The third kappa shape index (κ3) is 3.00. The number of hydrogen-bond donors (Lipinski definition) is 1. The standard InChI is InChI=1S/C15H21NO3/c1-3-19-13-7-5-12(6-8-13)16-10-4-9-15(2,11-16)14(17)18/h5-8H,3-4,9-11H2,1-2H3,(H,17,18). The zero-order valence-corrected chi connectivity index (χ0v) is 11.6. The monoisotopic (exact) mass is 263 g/mol. The minimum atomic E-state index is -0.705. The summed E-state index contributed by atoms with van der Waals surface area (Å²) in [5, 5.41) is 9.33. The highest BCUT2D eigenvalue weighted by molar-refractivity contribution is 5.75. The predicted octanol–water partition coefficient (Wildman–Crippen LogP) is 2.78. The van der Waals surface area contributed by atoms with E-state index in [4.69, 9.17) is 4.74 Å². The predicted molar refractivity (Wildman–Crippen MR) is 74.8 cm³/mol. The number of piperidine rings is 1. The molecule has 4 nitrogen and oxygen atoms in total. The lowest BCUT2D eigenvalue weighted by Crippen LogP contribution is -2.46. The molecule has 0 saturated carbocycles. The van der Waals surface area contributed by atoms with E-state index in [9.17, 15) is 9.90 Å². The first-order valence-corrected chi connectivity index (χ1v) is 6.76. The maximum Gasteiger partial charge on any atom is 0.311 e. The molecule has 1 aromatic rings. The van der Waals surface area contributed by atoms with Gasteiger partial charge in [-0.15, -0.1) is 0 Å². The van der Waals surface area contributed by atoms with Gasteiger partial charge in [-0.3, -0.25) is 4.79 Å². The Balaban J connectivity index is 2.11. The molecule has 104 valence electrons. The molecule has 1 heterocycles. The van der Waals surface area contributed by atoms with Crippen molar-refractivity contribution in [1.29, 1.82) is 0 Å². The third-order valence-corrected chi connectivity index (χ3v) is 3.73. The first-order chi connectivity index (χ1) is 9.05. The molecule has 19 heavy (non-hydrogen) atoms. The first kappa shape index (κ1) is 13.7. The van der Waals surface area contributed by atoms with Crippen LogP contribution in [0.2, 0.25) is 0 Å². The number of anilines is 1. The fourth-order valence-corrected chi connectivity index (χ4v) is 2.55. The van der Waals surface area contributed by atoms with Gasteiger partial charge in [0.05, 0.1) is 12.0 Å². The van der Waals surface area contributed by atoms with E-state index in [1.54, 1.807) is 0 Å². The molecule has 1 aromatic carbocycles. The second-order valence-electron chi connectivity index (χ2n) is 5.32. The summed E-state index contributed by atoms with van der Waals surface area (Å²) in [7, 11) is 0. The minimum absolute atomic E-state index is 0.566. The Kier molecular flexibility index (Phi) is 3.98. The molecule has 0 spiro atoms. The van der Waals surface area contributed by atoms with Crippen LogP contribution < -0.4 is 9.64 Å². The lowest BCUT2D eigenvalue weighted by molar-refractivity contribution is -0.148. The van der Waals surface area contributed by atoms with Gasteiger partial charge in [-0.2, -0.15) is 0 Å². The van der Waals surface area contributed by atoms with Crippen LogP contribution in [-0.4, -0.2) is 30.8 Å². The number of ether oxygens (including phenoxy) is 1. The Hall–Kier alpha value is -1.71. The van der Waals surface area contributed by atoms with Gasteiger partial charge in [0.15, 0.2) is 0 Å². The minimum Gasteiger partial charge on any atom is -0.494 e. The van der Waals surface area contributed by atoms with Crippen molar-refractivity contribution in [3.05, 3.63) is 24.3 Å². The van der Waals surface area contributed by atoms with Crippen LogP contribution >= 0.6 is 0 Å². The number of aliphatic carboxylic acids is 1. The Morgan fingerprint density at radius 3 is 2.68 bits per heavy atom. The molecule has 2 rings (SSSR count). The zero-order valence-electron chi connectivity index (χ0n) is 11.6. The van der Waals surface area contributed by atoms with Gasteiger partial charge < -0.3 is 14.7 Å². The molecule has 1 saturated heterocycles. The number of rotatable bonds is 4. The van der Waals surface area contributed by atoms with Gasteiger partial charge in [0.25, 0.3) is 0 Å². The second kappa shape index (κ2) is 5.51. The lowest BCUT2D eigenvalue weighted by Gasteiger charge is -2.38. The molecule has 0 aliphatic carbocycles. The summed E-state index contributed by atoms with van der Waals surface area (Å²) < 4.78 is 5.41. The summed E-state index contributed by atoms with van der Waals surface area (Å²) in [5.41, 5.74) is 0.423. The van der Waals surface area contributed by atoms with E-state index < -0.39 is 11.4 Å². The Morgan fingerprint density at radius 2 is 2.11 bits per heavy atom. The fraction of sp³-hybridized carbons (Fsp3) is 0.533. The summed E-state index contributed by atoms with van der Waals surface area (Å²) in [6.07, 6.45) is 1.66. The van der Waals surface area contributed by atoms with Gasteiger partial charge in [0.1, 0.15) is 5.75 Å². The van der Waals surface area contributed by atoms with Gasteiger partial charge >= 0.3 is 5.97 Å². The topological polar surface area (TPSA) is 49.8 Å². The maximum absolute atomic E-state index is 11.3. The molecule has 4 heteroatoms. The van der Waals surface area contributed by atoms with Crippen molar-refractivity contribution in [3.8, 4) is 5.75 Å². The molecule has 0 bridgehead atoms. The highest BCUT2D eigenvalue weighted by Gasteiger charge is 2.37. The summed E-state index contributed by atoms with van der Waals surface area (Å²) >= 11 is 0. The average molecular weight is 263 g/mol. The molecule has 1 N–H and O–H groups in total. The van der Waals surface area contributed by atoms with E-state index in [2.05, 4.69) is 4.90 Å². The summed E-state index contributed by atoms with van der Waals surface area (Å²) in [4.78, 5) is 13.5. The third-order valence-electron chi connectivity index (χ3n) is 3.73. The SMILES string of the molecule is CCOc1ccc(N2CCCC(C)(C(=O)O)C2)cc1. The van der Waals surface area contributed by atoms with E-state index >= 15 is 0 Å². The quantitative estimate of drug-likeness (QED) is 0.907. The molecule has 1 aliphatic rings. The average Bonchev–Trinajstić information content (AvgIpc) is 2.40. The van der Waals surface area contributed by atoms with E-state index in [1.165, 1.54) is 0 Å². The molecule has 0 amide bonds. The van der Waals surface area contributed by atoms with Crippen molar-refractivity contribution in [2.75, 3.05) is 24.6 Å². The second-order valence-corrected chi connectivity index (χ2v) is 5.32. The number of benzene rings is 1. The van der Waals surface area contributed by atoms with Crippen molar-refractivity contribution < 1.29 is 14.6 Å². The fourth-order valence-electron chi connectivity index (χ4n) is 2.55. The number of carboxylic acid groups (broad SMARTS) is 1. The Labute approximate surface area is 114 Å². The first-order valence-electron chi connectivity index (χ1n) is 6.76. The van der Waals surface area contributed by atoms with Crippen LogP contribution in [0, 0.1) is 5.41 Å². The molecular formula is C15H21NO3. The molecule has 0 aromatic heterocycles. The number of carboxylic acids is 1. The number of hydrogen-bond acceptors (Lipinski definition) is 3. The van der Waals surface area contributed by atoms with Gasteiger partial charge in [0, 0.05) is 18.8 Å². The van der Waals surface area contributed by atoms with Gasteiger partial charge in [-0.25, -0.2) is 0 Å². The van der Waals surface area contributed by atoms with Crippen molar-refractivity contribution >= 4 is 11.7 Å². The number of carbonyl (C=O) groups is 1. The molecule has 1 aliphatic heterocycles. The maximum atomic E-state index is 11.3. The summed E-state index contributed by atoms with van der Waals surface area (Å²) in [5.74, 6) is 0.146. The molecular weight excluding hydrogens is 242 g/mol. The molecule has 1 atom stereocenters. The van der Waals surface area contributed by atoms with Crippen LogP contribution in [0.5, 0.6) is 5.75 Å². The van der Waals surface area contributed by atoms with Crippen molar-refractivity contribution in [2.24, 2.45) is 5.41 Å². The van der Waals surface area contributed by atoms with E-state index in [0.29, 0.717) is 13.2 Å². The van der Waals surface area contributed by atoms with Gasteiger partial charge in [-0.05, 0) is 51.0 Å². The van der Waals surface area contributed by atoms with E-state index in [0.717, 1.165) is 30.8 Å². The largest absolute Gasteiger partial charge is 0.494 e. The highest BCUT2D eigenvalue weighted by Crippen LogP contribution is 2.33. The van der Waals surface area contributed by atoms with Crippen molar-refractivity contribution in [2.45, 2.75) is 26.7 Å². The molecule has 1 fully saturated rings. The van der Waals surface area contributed by atoms with E-state index in [-0.39, 0.29) is 0 Å². The van der Waals surface area contributed by atoms with Crippen LogP contribution in [0.3, 0.4) is 0 Å².